The minimum Gasteiger partial charge on any atom is -0.447 e. The maximum Gasteiger partial charge on any atom is 0.180 e. The largest absolute Gasteiger partial charge is 0.447 e. The summed E-state index contributed by atoms with van der Waals surface area (Å²) < 4.78 is 7.36. The van der Waals surface area contributed by atoms with E-state index >= 15 is 0 Å². The predicted molar refractivity (Wildman–Crippen MR) is 84.4 cm³/mol. The summed E-state index contributed by atoms with van der Waals surface area (Å²) in [7, 11) is 0. The van der Waals surface area contributed by atoms with Gasteiger partial charge in [-0.1, -0.05) is 12.1 Å². The van der Waals surface area contributed by atoms with Crippen LogP contribution in [0.4, 0.5) is 0 Å². The van der Waals surface area contributed by atoms with Crippen LogP contribution in [0.25, 0.3) is 11.1 Å². The van der Waals surface area contributed by atoms with Gasteiger partial charge in [0.1, 0.15) is 11.8 Å². The van der Waals surface area contributed by atoms with Gasteiger partial charge in [-0.25, -0.2) is 4.98 Å². The summed E-state index contributed by atoms with van der Waals surface area (Å²) in [6, 6.07) is 11.7. The number of oxazole rings is 1. The molecule has 0 fully saturated rings. The molecule has 0 aliphatic heterocycles. The van der Waals surface area contributed by atoms with Crippen molar-refractivity contribution in [2.24, 2.45) is 0 Å². The Balaban J connectivity index is 2.13. The van der Waals surface area contributed by atoms with E-state index in [2.05, 4.69) is 17.1 Å². The lowest BCUT2D eigenvalue weighted by molar-refractivity contribution is 0.485. The third-order valence-electron chi connectivity index (χ3n) is 4.00. The number of hydrogen-bond acceptors (Lipinski definition) is 4. The monoisotopic (exact) mass is 302 g/mol. The Labute approximate surface area is 134 Å². The van der Waals surface area contributed by atoms with Gasteiger partial charge in [0.15, 0.2) is 6.39 Å². The highest BCUT2D eigenvalue weighted by atomic mass is 16.3. The molecule has 0 saturated heterocycles. The van der Waals surface area contributed by atoms with Gasteiger partial charge in [-0.2, -0.15) is 10.5 Å². The van der Waals surface area contributed by atoms with E-state index in [4.69, 9.17) is 9.68 Å². The Hall–Kier alpha value is -3.31. The van der Waals surface area contributed by atoms with Crippen molar-refractivity contribution in [2.45, 2.75) is 20.4 Å². The topological polar surface area (TPSA) is 78.5 Å². The summed E-state index contributed by atoms with van der Waals surface area (Å²) in [5.74, 6) is 0.738. The summed E-state index contributed by atoms with van der Waals surface area (Å²) >= 11 is 0. The van der Waals surface area contributed by atoms with Crippen molar-refractivity contribution in [1.29, 1.82) is 10.5 Å². The van der Waals surface area contributed by atoms with E-state index in [1.165, 1.54) is 6.39 Å². The zero-order chi connectivity index (χ0) is 16.4. The molecule has 0 unspecified atom stereocenters. The molecule has 0 N–H and O–H groups in total. The van der Waals surface area contributed by atoms with Crippen LogP contribution >= 0.6 is 0 Å². The average molecular weight is 302 g/mol. The quantitative estimate of drug-likeness (QED) is 0.741. The van der Waals surface area contributed by atoms with Gasteiger partial charge in [-0.15, -0.1) is 0 Å². The highest BCUT2D eigenvalue weighted by Gasteiger charge is 2.19. The van der Waals surface area contributed by atoms with Gasteiger partial charge >= 0.3 is 0 Å². The van der Waals surface area contributed by atoms with E-state index in [1.807, 2.05) is 30.5 Å². The molecule has 0 radical (unpaired) electrons. The van der Waals surface area contributed by atoms with Crippen molar-refractivity contribution in [1.82, 2.24) is 9.55 Å². The van der Waals surface area contributed by atoms with Gasteiger partial charge in [0.25, 0.3) is 0 Å². The number of rotatable bonds is 3. The van der Waals surface area contributed by atoms with Crippen LogP contribution in [-0.4, -0.2) is 9.55 Å². The highest BCUT2D eigenvalue weighted by molar-refractivity contribution is 5.75. The molecular weight excluding hydrogens is 288 g/mol. The van der Waals surface area contributed by atoms with Crippen molar-refractivity contribution < 1.29 is 4.42 Å². The van der Waals surface area contributed by atoms with Crippen LogP contribution in [0.1, 0.15) is 28.3 Å². The van der Waals surface area contributed by atoms with E-state index in [0.717, 1.165) is 28.3 Å². The Morgan fingerprint density at radius 1 is 1.09 bits per heavy atom. The van der Waals surface area contributed by atoms with Gasteiger partial charge < -0.3 is 8.98 Å². The molecule has 0 aliphatic rings. The molecule has 2 aromatic heterocycles. The summed E-state index contributed by atoms with van der Waals surface area (Å²) in [6.07, 6.45) is 3.07. The van der Waals surface area contributed by atoms with Gasteiger partial charge in [-0.3, -0.25) is 0 Å². The first-order valence-electron chi connectivity index (χ1n) is 7.13. The van der Waals surface area contributed by atoms with Crippen LogP contribution in [0, 0.1) is 36.5 Å². The standard InChI is InChI=1S/C18H14N4O/c1-12-17(8-20)18(15-5-3-14(7-19)4-6-15)13(2)22(12)10-16-9-21-11-23-16/h3-6,9,11H,10H2,1-2H3. The fourth-order valence-electron chi connectivity index (χ4n) is 2.80. The van der Waals surface area contributed by atoms with Crippen molar-refractivity contribution in [3.05, 3.63) is 65.1 Å². The first kappa shape index (κ1) is 14.6. The molecule has 5 heteroatoms. The third-order valence-corrected chi connectivity index (χ3v) is 4.00. The Morgan fingerprint density at radius 3 is 2.39 bits per heavy atom. The second kappa shape index (κ2) is 5.82. The van der Waals surface area contributed by atoms with Crippen molar-refractivity contribution in [3.63, 3.8) is 0 Å². The molecule has 0 saturated carbocycles. The van der Waals surface area contributed by atoms with Crippen LogP contribution in [0.15, 0.2) is 41.3 Å². The normalized spacial score (nSPS) is 10.3. The zero-order valence-corrected chi connectivity index (χ0v) is 12.9. The molecule has 3 aromatic rings. The smallest absolute Gasteiger partial charge is 0.180 e. The molecule has 2 heterocycles. The number of nitriles is 2. The second-order valence-corrected chi connectivity index (χ2v) is 5.28. The third kappa shape index (κ3) is 2.49. The molecule has 23 heavy (non-hydrogen) atoms. The van der Waals surface area contributed by atoms with Crippen molar-refractivity contribution in [2.75, 3.05) is 0 Å². The van der Waals surface area contributed by atoms with Crippen LogP contribution in [0.3, 0.4) is 0 Å². The predicted octanol–water partition coefficient (Wildman–Crippen LogP) is 3.55. The molecule has 5 nitrogen and oxygen atoms in total. The Morgan fingerprint density at radius 2 is 1.83 bits per heavy atom. The maximum atomic E-state index is 9.57. The van der Waals surface area contributed by atoms with Crippen LogP contribution in [-0.2, 0) is 6.54 Å². The first-order chi connectivity index (χ1) is 11.2. The van der Waals surface area contributed by atoms with Gasteiger partial charge in [0.05, 0.1) is 29.9 Å². The van der Waals surface area contributed by atoms with E-state index < -0.39 is 0 Å². The summed E-state index contributed by atoms with van der Waals surface area (Å²) in [6.45, 7) is 4.44. The van der Waals surface area contributed by atoms with Gasteiger partial charge in [0, 0.05) is 17.0 Å². The highest BCUT2D eigenvalue weighted by Crippen LogP contribution is 2.32. The molecule has 0 amide bonds. The fourth-order valence-corrected chi connectivity index (χ4v) is 2.80. The number of benzene rings is 1. The van der Waals surface area contributed by atoms with E-state index in [0.29, 0.717) is 17.7 Å². The molecule has 1 aromatic carbocycles. The molecule has 0 spiro atoms. The van der Waals surface area contributed by atoms with Crippen LogP contribution in [0.2, 0.25) is 0 Å². The maximum absolute atomic E-state index is 9.57. The van der Waals surface area contributed by atoms with Crippen molar-refractivity contribution in [3.8, 4) is 23.3 Å². The Bertz CT molecular complexity index is 920. The molecule has 3 rings (SSSR count). The molecule has 0 aliphatic carbocycles. The number of nitrogens with zero attached hydrogens (tertiary/aromatic N) is 4. The molecule has 0 atom stereocenters. The van der Waals surface area contributed by atoms with Gasteiger partial charge in [0.2, 0.25) is 0 Å². The minimum absolute atomic E-state index is 0.530. The first-order valence-corrected chi connectivity index (χ1v) is 7.13. The van der Waals surface area contributed by atoms with E-state index in [9.17, 15) is 5.26 Å². The van der Waals surface area contributed by atoms with Gasteiger partial charge in [-0.05, 0) is 31.5 Å². The van der Waals surface area contributed by atoms with E-state index in [1.54, 1.807) is 18.3 Å². The fraction of sp³-hybridized carbons (Fsp3) is 0.167. The lowest BCUT2D eigenvalue weighted by Crippen LogP contribution is -2.03. The summed E-state index contributed by atoms with van der Waals surface area (Å²) in [5.41, 5.74) is 4.95. The molecular formula is C18H14N4O. The average Bonchev–Trinajstić information content (AvgIpc) is 3.17. The second-order valence-electron chi connectivity index (χ2n) is 5.28. The number of hydrogen-bond donors (Lipinski definition) is 0. The lowest BCUT2D eigenvalue weighted by atomic mass is 10.0. The minimum atomic E-state index is 0.530. The summed E-state index contributed by atoms with van der Waals surface area (Å²) in [5, 5.41) is 18.5. The molecule has 0 bridgehead atoms. The summed E-state index contributed by atoms with van der Waals surface area (Å²) in [4.78, 5) is 3.93. The Kier molecular flexibility index (Phi) is 3.70. The SMILES string of the molecule is Cc1c(C#N)c(-c2ccc(C#N)cc2)c(C)n1Cc1cnco1. The lowest BCUT2D eigenvalue weighted by Gasteiger charge is -2.07. The zero-order valence-electron chi connectivity index (χ0n) is 12.9. The van der Waals surface area contributed by atoms with Crippen LogP contribution in [0.5, 0.6) is 0 Å². The van der Waals surface area contributed by atoms with E-state index in [-0.39, 0.29) is 0 Å². The van der Waals surface area contributed by atoms with Crippen LogP contribution < -0.4 is 0 Å². The molecule has 112 valence electrons. The number of aromatic nitrogens is 2. The van der Waals surface area contributed by atoms with Crippen molar-refractivity contribution >= 4 is 0 Å².